The summed E-state index contributed by atoms with van der Waals surface area (Å²) in [7, 11) is 1.68. The lowest BCUT2D eigenvalue weighted by Crippen LogP contribution is -2.01. The summed E-state index contributed by atoms with van der Waals surface area (Å²) < 4.78 is 13.7. The highest BCUT2D eigenvalue weighted by Gasteiger charge is 2.16. The van der Waals surface area contributed by atoms with Gasteiger partial charge in [-0.05, 0) is 53.6 Å². The Labute approximate surface area is 197 Å². The minimum Gasteiger partial charge on any atom is -0.497 e. The number of ether oxygens (including phenoxy) is 2. The highest BCUT2D eigenvalue weighted by Crippen LogP contribution is 2.32. The standard InChI is InChI=1S/C29H23N3O2/c1-33-23-15-16-27-24(17-23)28-29(31-26-10-6-5-9-25(26)30-28)32(27)18-20-11-13-22(14-12-20)34-19-21-7-3-2-4-8-21/h2-17H,18-19H2,1H3. The van der Waals surface area contributed by atoms with Crippen LogP contribution in [-0.2, 0) is 13.2 Å². The van der Waals surface area contributed by atoms with Crippen LogP contribution in [0.4, 0.5) is 0 Å². The van der Waals surface area contributed by atoms with Crippen LogP contribution in [0.25, 0.3) is 33.1 Å². The fourth-order valence-electron chi connectivity index (χ4n) is 4.32. The van der Waals surface area contributed by atoms with E-state index in [1.807, 2.05) is 66.7 Å². The lowest BCUT2D eigenvalue weighted by molar-refractivity contribution is 0.306. The number of hydrogen-bond acceptors (Lipinski definition) is 4. The Morgan fingerprint density at radius 3 is 2.18 bits per heavy atom. The van der Waals surface area contributed by atoms with Gasteiger partial charge < -0.3 is 14.0 Å². The first-order chi connectivity index (χ1) is 16.8. The van der Waals surface area contributed by atoms with Crippen LogP contribution < -0.4 is 9.47 Å². The largest absolute Gasteiger partial charge is 0.497 e. The molecule has 0 saturated carbocycles. The molecule has 0 saturated heterocycles. The van der Waals surface area contributed by atoms with Crippen molar-refractivity contribution in [1.82, 2.24) is 14.5 Å². The molecular weight excluding hydrogens is 422 g/mol. The maximum Gasteiger partial charge on any atom is 0.160 e. The van der Waals surface area contributed by atoms with Crippen LogP contribution in [0.2, 0.25) is 0 Å². The van der Waals surface area contributed by atoms with E-state index in [2.05, 4.69) is 34.9 Å². The van der Waals surface area contributed by atoms with Crippen molar-refractivity contribution in [1.29, 1.82) is 0 Å². The second-order valence-corrected chi connectivity index (χ2v) is 8.27. The third kappa shape index (κ3) is 3.71. The van der Waals surface area contributed by atoms with Crippen LogP contribution in [-0.4, -0.2) is 21.6 Å². The second-order valence-electron chi connectivity index (χ2n) is 8.27. The third-order valence-electron chi connectivity index (χ3n) is 6.07. The Morgan fingerprint density at radius 1 is 0.706 bits per heavy atom. The van der Waals surface area contributed by atoms with E-state index >= 15 is 0 Å². The summed E-state index contributed by atoms with van der Waals surface area (Å²) >= 11 is 0. The maximum absolute atomic E-state index is 5.95. The van der Waals surface area contributed by atoms with E-state index in [1.165, 1.54) is 0 Å². The van der Waals surface area contributed by atoms with Crippen molar-refractivity contribution >= 4 is 33.1 Å². The number of methoxy groups -OCH3 is 1. The van der Waals surface area contributed by atoms with Gasteiger partial charge in [0.05, 0.1) is 23.7 Å². The predicted octanol–water partition coefficient (Wildman–Crippen LogP) is 6.37. The number of rotatable bonds is 6. The highest BCUT2D eigenvalue weighted by atomic mass is 16.5. The molecular formula is C29H23N3O2. The summed E-state index contributed by atoms with van der Waals surface area (Å²) in [5.74, 6) is 1.66. The number of benzene rings is 4. The van der Waals surface area contributed by atoms with E-state index in [0.29, 0.717) is 13.2 Å². The second kappa shape index (κ2) is 8.52. The minimum absolute atomic E-state index is 0.553. The van der Waals surface area contributed by atoms with Crippen LogP contribution in [0.1, 0.15) is 11.1 Å². The van der Waals surface area contributed by atoms with Gasteiger partial charge in [0.25, 0.3) is 0 Å². The van der Waals surface area contributed by atoms with Crippen LogP contribution in [0.3, 0.4) is 0 Å². The van der Waals surface area contributed by atoms with Gasteiger partial charge in [-0.15, -0.1) is 0 Å². The third-order valence-corrected chi connectivity index (χ3v) is 6.07. The summed E-state index contributed by atoms with van der Waals surface area (Å²) in [4.78, 5) is 9.93. The first-order valence-corrected chi connectivity index (χ1v) is 11.3. The number of fused-ring (bicyclic) bond motifs is 4. The van der Waals surface area contributed by atoms with E-state index in [9.17, 15) is 0 Å². The lowest BCUT2D eigenvalue weighted by Gasteiger charge is -2.10. The van der Waals surface area contributed by atoms with Crippen molar-refractivity contribution in [2.24, 2.45) is 0 Å². The number of para-hydroxylation sites is 2. The van der Waals surface area contributed by atoms with Crippen molar-refractivity contribution in [3.05, 3.63) is 108 Å². The number of hydrogen-bond donors (Lipinski definition) is 0. The molecule has 34 heavy (non-hydrogen) atoms. The number of nitrogens with zero attached hydrogens (tertiary/aromatic N) is 3. The maximum atomic E-state index is 5.95. The quantitative estimate of drug-likeness (QED) is 0.299. The van der Waals surface area contributed by atoms with Crippen molar-refractivity contribution in [2.45, 2.75) is 13.2 Å². The zero-order chi connectivity index (χ0) is 22.9. The molecule has 0 N–H and O–H groups in total. The molecule has 0 radical (unpaired) electrons. The van der Waals surface area contributed by atoms with E-state index in [-0.39, 0.29) is 0 Å². The lowest BCUT2D eigenvalue weighted by atomic mass is 10.2. The summed E-state index contributed by atoms with van der Waals surface area (Å²) in [5.41, 5.74) is 6.92. The van der Waals surface area contributed by atoms with Gasteiger partial charge in [-0.1, -0.05) is 54.6 Å². The molecule has 5 heteroatoms. The molecule has 0 atom stereocenters. The molecule has 6 aromatic rings. The zero-order valence-corrected chi connectivity index (χ0v) is 18.8. The van der Waals surface area contributed by atoms with Gasteiger partial charge in [-0.2, -0.15) is 0 Å². The van der Waals surface area contributed by atoms with E-state index in [4.69, 9.17) is 19.4 Å². The molecule has 0 aliphatic rings. The van der Waals surface area contributed by atoms with Gasteiger partial charge >= 0.3 is 0 Å². The predicted molar refractivity (Wildman–Crippen MR) is 135 cm³/mol. The first kappa shape index (κ1) is 20.2. The van der Waals surface area contributed by atoms with Crippen molar-refractivity contribution < 1.29 is 9.47 Å². The monoisotopic (exact) mass is 445 g/mol. The summed E-state index contributed by atoms with van der Waals surface area (Å²) in [6.45, 7) is 1.23. The van der Waals surface area contributed by atoms with Gasteiger partial charge in [0.1, 0.15) is 23.6 Å². The van der Waals surface area contributed by atoms with Crippen LogP contribution in [0, 0.1) is 0 Å². The Bertz CT molecular complexity index is 1610. The summed E-state index contributed by atoms with van der Waals surface area (Å²) in [5, 5.41) is 1.04. The molecule has 0 unspecified atom stereocenters. The molecule has 4 aromatic carbocycles. The molecule has 0 spiro atoms. The Kier molecular flexibility index (Phi) is 5.07. The number of aromatic nitrogens is 3. The van der Waals surface area contributed by atoms with E-state index < -0.39 is 0 Å². The van der Waals surface area contributed by atoms with Crippen LogP contribution in [0.5, 0.6) is 11.5 Å². The van der Waals surface area contributed by atoms with Gasteiger partial charge in [0, 0.05) is 11.9 Å². The molecule has 0 bridgehead atoms. The van der Waals surface area contributed by atoms with Gasteiger partial charge in [0.15, 0.2) is 5.65 Å². The smallest absolute Gasteiger partial charge is 0.160 e. The van der Waals surface area contributed by atoms with Crippen LogP contribution in [0.15, 0.2) is 97.1 Å². The molecule has 0 amide bonds. The molecule has 0 aliphatic heterocycles. The summed E-state index contributed by atoms with van der Waals surface area (Å²) in [6.07, 6.45) is 0. The van der Waals surface area contributed by atoms with Gasteiger partial charge in [-0.3, -0.25) is 0 Å². The molecule has 0 fully saturated rings. The fourth-order valence-corrected chi connectivity index (χ4v) is 4.32. The molecule has 166 valence electrons. The Balaban J connectivity index is 1.37. The molecule has 6 rings (SSSR count). The molecule has 5 nitrogen and oxygen atoms in total. The normalized spacial score (nSPS) is 11.3. The average Bonchev–Trinajstić information content (AvgIpc) is 3.19. The average molecular weight is 446 g/mol. The van der Waals surface area contributed by atoms with E-state index in [1.54, 1.807) is 7.11 Å². The van der Waals surface area contributed by atoms with Crippen LogP contribution >= 0.6 is 0 Å². The van der Waals surface area contributed by atoms with Crippen molar-refractivity contribution in [2.75, 3.05) is 7.11 Å². The highest BCUT2D eigenvalue weighted by molar-refractivity contribution is 6.07. The minimum atomic E-state index is 0.553. The van der Waals surface area contributed by atoms with E-state index in [0.717, 1.165) is 55.7 Å². The SMILES string of the molecule is COc1ccc2c(c1)c1nc3ccccc3nc1n2Cc1ccc(OCc2ccccc2)cc1. The van der Waals surface area contributed by atoms with Gasteiger partial charge in [-0.25, -0.2) is 9.97 Å². The fraction of sp³-hybridized carbons (Fsp3) is 0.103. The molecule has 0 aliphatic carbocycles. The van der Waals surface area contributed by atoms with Crippen molar-refractivity contribution in [3.63, 3.8) is 0 Å². The molecule has 2 aromatic heterocycles. The zero-order valence-electron chi connectivity index (χ0n) is 18.8. The Morgan fingerprint density at radius 2 is 1.41 bits per heavy atom. The topological polar surface area (TPSA) is 49.2 Å². The summed E-state index contributed by atoms with van der Waals surface area (Å²) in [6, 6.07) is 32.5. The van der Waals surface area contributed by atoms with Gasteiger partial charge in [0.2, 0.25) is 0 Å². The molecule has 2 heterocycles. The Hall–Kier alpha value is -4.38. The first-order valence-electron chi connectivity index (χ1n) is 11.3. The van der Waals surface area contributed by atoms with Crippen molar-refractivity contribution in [3.8, 4) is 11.5 Å².